The number of hydrogen-bond donors (Lipinski definition) is 0. The van der Waals surface area contributed by atoms with Crippen molar-refractivity contribution in [3.63, 3.8) is 0 Å². The lowest BCUT2D eigenvalue weighted by atomic mass is 9.98. The highest BCUT2D eigenvalue weighted by Crippen LogP contribution is 2.32. The zero-order valence-electron chi connectivity index (χ0n) is 29.5. The maximum Gasteiger partial charge on any atom is 0.339 e. The highest BCUT2D eigenvalue weighted by Gasteiger charge is 2.21. The molecule has 0 saturated heterocycles. The van der Waals surface area contributed by atoms with Crippen LogP contribution in [0.4, 0.5) is 0 Å². The van der Waals surface area contributed by atoms with Crippen LogP contribution >= 0.6 is 0 Å². The first kappa shape index (κ1) is 34.0. The Morgan fingerprint density at radius 3 is 2.43 bits per heavy atom. The first-order valence-electron chi connectivity index (χ1n) is 17.6. The predicted octanol–water partition coefficient (Wildman–Crippen LogP) is 9.96. The normalized spacial score (nSPS) is 11.8. The molecule has 0 radical (unpaired) electrons. The molecule has 49 heavy (non-hydrogen) atoms. The summed E-state index contributed by atoms with van der Waals surface area (Å²) in [4.78, 5) is 22.7. The van der Waals surface area contributed by atoms with Gasteiger partial charge in [-0.05, 0) is 99.9 Å². The van der Waals surface area contributed by atoms with Crippen molar-refractivity contribution in [1.82, 2.24) is 19.1 Å². The van der Waals surface area contributed by atoms with Crippen LogP contribution in [0.25, 0.3) is 33.2 Å². The van der Waals surface area contributed by atoms with E-state index in [0.717, 1.165) is 95.4 Å². The Kier molecular flexibility index (Phi) is 10.5. The Hall–Kier alpha value is -4.91. The molecule has 0 aliphatic carbocycles. The van der Waals surface area contributed by atoms with E-state index >= 15 is 0 Å². The summed E-state index contributed by atoms with van der Waals surface area (Å²) in [6.45, 7) is 12.3. The van der Waals surface area contributed by atoms with Gasteiger partial charge in [-0.3, -0.25) is 0 Å². The van der Waals surface area contributed by atoms with Crippen molar-refractivity contribution in [1.29, 1.82) is 0 Å². The zero-order valence-corrected chi connectivity index (χ0v) is 29.5. The Morgan fingerprint density at radius 1 is 0.857 bits per heavy atom. The largest absolute Gasteiger partial charge is 0.491 e. The molecule has 0 aliphatic heterocycles. The summed E-state index contributed by atoms with van der Waals surface area (Å²) >= 11 is 0. The van der Waals surface area contributed by atoms with Gasteiger partial charge in [-0.2, -0.15) is 0 Å². The second-order valence-electron chi connectivity index (χ2n) is 13.9. The van der Waals surface area contributed by atoms with Crippen LogP contribution in [-0.4, -0.2) is 37.3 Å². The van der Waals surface area contributed by atoms with Gasteiger partial charge in [0, 0.05) is 19.5 Å². The van der Waals surface area contributed by atoms with Crippen LogP contribution in [0.3, 0.4) is 0 Å². The molecule has 2 aromatic heterocycles. The van der Waals surface area contributed by atoms with E-state index in [2.05, 4.69) is 82.6 Å². The van der Waals surface area contributed by atoms with Crippen molar-refractivity contribution in [2.75, 3.05) is 6.61 Å². The van der Waals surface area contributed by atoms with Gasteiger partial charge >= 0.3 is 5.97 Å². The molecule has 0 spiro atoms. The minimum Gasteiger partial charge on any atom is -0.491 e. The molecule has 0 bridgehead atoms. The molecule has 0 unspecified atom stereocenters. The van der Waals surface area contributed by atoms with Gasteiger partial charge < -0.3 is 18.6 Å². The fourth-order valence-corrected chi connectivity index (χ4v) is 6.34. The molecule has 4 aromatic carbocycles. The van der Waals surface area contributed by atoms with Gasteiger partial charge in [0.25, 0.3) is 0 Å². The van der Waals surface area contributed by atoms with Gasteiger partial charge in [0.15, 0.2) is 0 Å². The molecule has 254 valence electrons. The molecular formula is C42H48N4O3. The van der Waals surface area contributed by atoms with Crippen molar-refractivity contribution in [3.05, 3.63) is 114 Å². The van der Waals surface area contributed by atoms with E-state index in [1.807, 2.05) is 57.4 Å². The van der Waals surface area contributed by atoms with Crippen LogP contribution in [0.1, 0.15) is 87.1 Å². The third kappa shape index (κ3) is 8.05. The van der Waals surface area contributed by atoms with Crippen LogP contribution in [0.5, 0.6) is 5.75 Å². The van der Waals surface area contributed by atoms with Crippen molar-refractivity contribution in [2.24, 2.45) is 0 Å². The number of nitrogens with zero attached hydrogens (tertiary/aromatic N) is 4. The first-order chi connectivity index (χ1) is 23.7. The number of carbonyl (C=O) groups excluding carboxylic acids is 1. The van der Waals surface area contributed by atoms with E-state index in [1.54, 1.807) is 0 Å². The smallest absolute Gasteiger partial charge is 0.339 e. The molecule has 0 amide bonds. The number of imidazole rings is 2. The molecule has 0 N–H and O–H groups in total. The van der Waals surface area contributed by atoms with Crippen LogP contribution < -0.4 is 4.74 Å². The second kappa shape index (κ2) is 15.1. The summed E-state index contributed by atoms with van der Waals surface area (Å²) in [7, 11) is 0. The van der Waals surface area contributed by atoms with Gasteiger partial charge in [-0.1, -0.05) is 74.0 Å². The van der Waals surface area contributed by atoms with Gasteiger partial charge in [0.05, 0.1) is 35.0 Å². The Balaban J connectivity index is 1.18. The van der Waals surface area contributed by atoms with Crippen molar-refractivity contribution < 1.29 is 14.3 Å². The third-order valence-electron chi connectivity index (χ3n) is 8.87. The molecule has 6 rings (SSSR count). The van der Waals surface area contributed by atoms with Gasteiger partial charge in [-0.25, -0.2) is 14.8 Å². The number of ether oxygens (including phenoxy) is 2. The molecule has 6 aromatic rings. The summed E-state index contributed by atoms with van der Waals surface area (Å²) in [6.07, 6.45) is 8.16. The highest BCUT2D eigenvalue weighted by atomic mass is 16.6. The van der Waals surface area contributed by atoms with Gasteiger partial charge in [0.2, 0.25) is 0 Å². The summed E-state index contributed by atoms with van der Waals surface area (Å²) in [5, 5.41) is 0. The van der Waals surface area contributed by atoms with Crippen LogP contribution in [0, 0.1) is 6.92 Å². The molecule has 0 aliphatic rings. The summed E-state index contributed by atoms with van der Waals surface area (Å²) in [5.74, 6) is 1.66. The molecular weight excluding hydrogens is 608 g/mol. The number of fused-ring (bicyclic) bond motifs is 2. The van der Waals surface area contributed by atoms with Crippen molar-refractivity contribution >= 4 is 28.0 Å². The molecule has 0 fully saturated rings. The Bertz CT molecular complexity index is 2030. The van der Waals surface area contributed by atoms with Gasteiger partial charge in [0.1, 0.15) is 22.7 Å². The quantitative estimate of drug-likeness (QED) is 0.0862. The summed E-state index contributed by atoms with van der Waals surface area (Å²) < 4.78 is 16.8. The van der Waals surface area contributed by atoms with E-state index in [9.17, 15) is 4.79 Å². The monoisotopic (exact) mass is 656 g/mol. The first-order valence-corrected chi connectivity index (χ1v) is 17.6. The number of rotatable bonds is 14. The Morgan fingerprint density at radius 2 is 1.63 bits per heavy atom. The topological polar surface area (TPSA) is 71.2 Å². The number of aromatic nitrogens is 4. The highest BCUT2D eigenvalue weighted by molar-refractivity contribution is 5.97. The number of unbranched alkanes of at least 4 members (excludes halogenated alkanes) is 3. The maximum atomic E-state index is 13.0. The number of hydrogen-bond acceptors (Lipinski definition) is 5. The van der Waals surface area contributed by atoms with Crippen LogP contribution in [0.2, 0.25) is 0 Å². The standard InChI is InChI=1S/C42H48N4O3/c1-6-7-19-38-44-39-30(2)20-25-37(48-27-14-8-13-26-45-29-43-35-17-11-12-18-36(35)45)40(39)46(38)28-31-21-23-32(24-22-31)33-15-9-10-16-34(33)41(47)49-42(3,4)5/h9-12,15-18,20-25,29H,6-8,13-14,19,26-28H2,1-5H3. The third-order valence-corrected chi connectivity index (χ3v) is 8.87. The summed E-state index contributed by atoms with van der Waals surface area (Å²) in [5.41, 5.74) is 8.48. The van der Waals surface area contributed by atoms with Crippen LogP contribution in [0.15, 0.2) is 91.3 Å². The Labute approximate surface area is 289 Å². The number of benzene rings is 4. The van der Waals surface area contributed by atoms with Gasteiger partial charge in [-0.15, -0.1) is 0 Å². The van der Waals surface area contributed by atoms with E-state index < -0.39 is 5.60 Å². The van der Waals surface area contributed by atoms with E-state index in [0.29, 0.717) is 18.7 Å². The zero-order chi connectivity index (χ0) is 34.4. The van der Waals surface area contributed by atoms with E-state index in [1.165, 1.54) is 5.52 Å². The molecule has 7 nitrogen and oxygen atoms in total. The molecule has 7 heteroatoms. The van der Waals surface area contributed by atoms with Crippen molar-refractivity contribution in [2.45, 2.75) is 91.8 Å². The molecule has 0 atom stereocenters. The molecule has 2 heterocycles. The SMILES string of the molecule is CCCCc1nc2c(C)ccc(OCCCCCn3cnc4ccccc43)c2n1Cc1ccc(-c2ccccc2C(=O)OC(C)(C)C)cc1. The minimum absolute atomic E-state index is 0.313. The second-order valence-corrected chi connectivity index (χ2v) is 13.9. The average Bonchev–Trinajstić information content (AvgIpc) is 3.68. The lowest BCUT2D eigenvalue weighted by molar-refractivity contribution is 0.00704. The van der Waals surface area contributed by atoms with E-state index in [4.69, 9.17) is 14.5 Å². The number of carbonyl (C=O) groups is 1. The molecule has 0 saturated carbocycles. The minimum atomic E-state index is -0.561. The lowest BCUT2D eigenvalue weighted by Gasteiger charge is -2.20. The number of esters is 1. The maximum absolute atomic E-state index is 13.0. The predicted molar refractivity (Wildman–Crippen MR) is 198 cm³/mol. The number of aryl methyl sites for hydroxylation is 3. The average molecular weight is 657 g/mol. The summed E-state index contributed by atoms with van der Waals surface area (Å²) in [6, 6.07) is 28.7. The fraction of sp³-hybridized carbons (Fsp3) is 0.357. The number of para-hydroxylation sites is 2. The fourth-order valence-electron chi connectivity index (χ4n) is 6.34. The van der Waals surface area contributed by atoms with E-state index in [-0.39, 0.29) is 5.97 Å². The van der Waals surface area contributed by atoms with Crippen LogP contribution in [-0.2, 0) is 24.2 Å². The van der Waals surface area contributed by atoms with Crippen molar-refractivity contribution in [3.8, 4) is 16.9 Å². The lowest BCUT2D eigenvalue weighted by Crippen LogP contribution is -2.24.